The molecule has 4 rings (SSSR count). The highest BCUT2D eigenvalue weighted by Gasteiger charge is 2.25. The summed E-state index contributed by atoms with van der Waals surface area (Å²) in [5.74, 6) is 0.667. The van der Waals surface area contributed by atoms with Gasteiger partial charge in [0.2, 0.25) is 0 Å². The SMILES string of the molecule is CCc1c(C2CCNCC2)n(C)c2cccc(-c3cn[nH]c3)c12.Cl. The maximum absolute atomic E-state index is 4.14. The first-order valence-corrected chi connectivity index (χ1v) is 8.61. The van der Waals surface area contributed by atoms with Crippen molar-refractivity contribution in [1.82, 2.24) is 20.1 Å². The van der Waals surface area contributed by atoms with Gasteiger partial charge in [0.1, 0.15) is 0 Å². The minimum atomic E-state index is 0. The number of piperidine rings is 1. The zero-order valence-corrected chi connectivity index (χ0v) is 15.1. The second-order valence-corrected chi connectivity index (χ2v) is 6.49. The number of rotatable bonds is 3. The Morgan fingerprint density at radius 2 is 2.04 bits per heavy atom. The molecule has 1 aliphatic rings. The molecule has 0 radical (unpaired) electrons. The van der Waals surface area contributed by atoms with Gasteiger partial charge < -0.3 is 9.88 Å². The summed E-state index contributed by atoms with van der Waals surface area (Å²) in [7, 11) is 2.23. The van der Waals surface area contributed by atoms with Crippen LogP contribution in [0.25, 0.3) is 22.0 Å². The summed E-state index contributed by atoms with van der Waals surface area (Å²) in [5.41, 5.74) is 6.87. The number of halogens is 1. The predicted molar refractivity (Wildman–Crippen MR) is 102 cm³/mol. The second-order valence-electron chi connectivity index (χ2n) is 6.49. The molecule has 0 amide bonds. The van der Waals surface area contributed by atoms with Gasteiger partial charge in [-0.05, 0) is 49.5 Å². The fraction of sp³-hybridized carbons (Fsp3) is 0.421. The van der Waals surface area contributed by atoms with Crippen molar-refractivity contribution in [2.24, 2.45) is 7.05 Å². The van der Waals surface area contributed by atoms with Crippen molar-refractivity contribution in [2.45, 2.75) is 32.1 Å². The third-order valence-electron chi connectivity index (χ3n) is 5.26. The summed E-state index contributed by atoms with van der Waals surface area (Å²) >= 11 is 0. The van der Waals surface area contributed by atoms with Crippen molar-refractivity contribution in [3.63, 3.8) is 0 Å². The number of hydrogen-bond acceptors (Lipinski definition) is 2. The van der Waals surface area contributed by atoms with Crippen molar-refractivity contribution in [3.05, 3.63) is 41.9 Å². The van der Waals surface area contributed by atoms with Crippen molar-refractivity contribution in [3.8, 4) is 11.1 Å². The first kappa shape index (κ1) is 17.1. The van der Waals surface area contributed by atoms with Gasteiger partial charge in [-0.3, -0.25) is 5.10 Å². The third-order valence-corrected chi connectivity index (χ3v) is 5.26. The zero-order chi connectivity index (χ0) is 15.8. The van der Waals surface area contributed by atoms with E-state index in [0.29, 0.717) is 5.92 Å². The molecule has 1 aliphatic heterocycles. The van der Waals surface area contributed by atoms with Gasteiger partial charge in [-0.1, -0.05) is 19.1 Å². The van der Waals surface area contributed by atoms with Gasteiger partial charge in [0, 0.05) is 41.3 Å². The number of fused-ring (bicyclic) bond motifs is 1. The molecule has 0 bridgehead atoms. The summed E-state index contributed by atoms with van der Waals surface area (Å²) in [6.45, 7) is 4.54. The molecule has 1 fully saturated rings. The van der Waals surface area contributed by atoms with Crippen LogP contribution < -0.4 is 5.32 Å². The molecule has 4 nitrogen and oxygen atoms in total. The maximum atomic E-state index is 4.14. The summed E-state index contributed by atoms with van der Waals surface area (Å²) < 4.78 is 2.44. The van der Waals surface area contributed by atoms with Crippen molar-refractivity contribution < 1.29 is 0 Å². The van der Waals surface area contributed by atoms with Gasteiger partial charge in [0.15, 0.2) is 0 Å². The number of H-pyrrole nitrogens is 1. The summed E-state index contributed by atoms with van der Waals surface area (Å²) in [6.07, 6.45) is 7.46. The van der Waals surface area contributed by atoms with E-state index in [1.54, 1.807) is 5.69 Å². The molecule has 3 aromatic rings. The Hall–Kier alpha value is -1.78. The van der Waals surface area contributed by atoms with Crippen molar-refractivity contribution in [1.29, 1.82) is 0 Å². The molecular formula is C19H25ClN4. The second kappa shape index (κ2) is 6.99. The first-order chi connectivity index (χ1) is 11.3. The lowest BCUT2D eigenvalue weighted by molar-refractivity contribution is 0.444. The van der Waals surface area contributed by atoms with E-state index in [2.05, 4.69) is 52.3 Å². The van der Waals surface area contributed by atoms with E-state index in [1.165, 1.54) is 40.4 Å². The van der Waals surface area contributed by atoms with Crippen molar-refractivity contribution >= 4 is 23.3 Å². The van der Waals surface area contributed by atoms with Gasteiger partial charge >= 0.3 is 0 Å². The summed E-state index contributed by atoms with van der Waals surface area (Å²) in [6, 6.07) is 6.64. The van der Waals surface area contributed by atoms with E-state index < -0.39 is 0 Å². The molecule has 2 aromatic heterocycles. The summed E-state index contributed by atoms with van der Waals surface area (Å²) in [5, 5.41) is 12.0. The van der Waals surface area contributed by atoms with Gasteiger partial charge in [-0.15, -0.1) is 12.4 Å². The number of aromatic nitrogens is 3. The molecule has 1 aromatic carbocycles. The van der Waals surface area contributed by atoms with Crippen LogP contribution in [-0.2, 0) is 13.5 Å². The molecule has 0 aliphatic carbocycles. The maximum Gasteiger partial charge on any atom is 0.0566 e. The third kappa shape index (κ3) is 2.64. The Morgan fingerprint density at radius 1 is 1.25 bits per heavy atom. The number of nitrogens with one attached hydrogen (secondary N) is 2. The molecule has 0 unspecified atom stereocenters. The van der Waals surface area contributed by atoms with Crippen LogP contribution in [0, 0.1) is 0 Å². The van der Waals surface area contributed by atoms with E-state index in [4.69, 9.17) is 0 Å². The van der Waals surface area contributed by atoms with Crippen LogP contribution in [0.3, 0.4) is 0 Å². The van der Waals surface area contributed by atoms with E-state index in [1.807, 2.05) is 12.4 Å². The normalized spacial score (nSPS) is 15.6. The number of aromatic amines is 1. The largest absolute Gasteiger partial charge is 0.347 e. The van der Waals surface area contributed by atoms with Gasteiger partial charge in [-0.25, -0.2) is 0 Å². The number of nitrogens with zero attached hydrogens (tertiary/aromatic N) is 2. The Morgan fingerprint density at radius 3 is 2.71 bits per heavy atom. The van der Waals surface area contributed by atoms with Crippen LogP contribution >= 0.6 is 12.4 Å². The van der Waals surface area contributed by atoms with E-state index in [9.17, 15) is 0 Å². The Kier molecular flexibility index (Phi) is 4.97. The zero-order valence-electron chi connectivity index (χ0n) is 14.3. The highest BCUT2D eigenvalue weighted by Crippen LogP contribution is 2.39. The average Bonchev–Trinajstić information content (AvgIpc) is 3.22. The van der Waals surface area contributed by atoms with E-state index >= 15 is 0 Å². The van der Waals surface area contributed by atoms with Crippen LogP contribution in [0.5, 0.6) is 0 Å². The molecule has 0 saturated carbocycles. The fourth-order valence-electron chi connectivity index (χ4n) is 4.21. The predicted octanol–water partition coefficient (Wildman–Crippen LogP) is 4.02. The molecular weight excluding hydrogens is 320 g/mol. The Labute approximate surface area is 149 Å². The van der Waals surface area contributed by atoms with E-state index in [-0.39, 0.29) is 12.4 Å². The number of benzene rings is 1. The molecule has 0 atom stereocenters. The lowest BCUT2D eigenvalue weighted by atomic mass is 9.89. The highest BCUT2D eigenvalue weighted by molar-refractivity contribution is 5.99. The topological polar surface area (TPSA) is 45.6 Å². The lowest BCUT2D eigenvalue weighted by Gasteiger charge is -2.24. The van der Waals surface area contributed by atoms with E-state index in [0.717, 1.165) is 19.5 Å². The lowest BCUT2D eigenvalue weighted by Crippen LogP contribution is -2.28. The minimum absolute atomic E-state index is 0. The number of aryl methyl sites for hydroxylation is 2. The van der Waals surface area contributed by atoms with Crippen LogP contribution in [0.1, 0.15) is 36.9 Å². The average molecular weight is 345 g/mol. The number of hydrogen-bond donors (Lipinski definition) is 2. The molecule has 0 spiro atoms. The molecule has 24 heavy (non-hydrogen) atoms. The standard InChI is InChI=1S/C19H24N4.ClH/c1-3-15-18-16(14-11-21-22-12-14)5-4-6-17(18)23(2)19(15)13-7-9-20-10-8-13;/h4-6,11-13,20H,3,7-10H2,1-2H3,(H,21,22);1H. The minimum Gasteiger partial charge on any atom is -0.347 e. The van der Waals surface area contributed by atoms with Crippen LogP contribution in [0.4, 0.5) is 0 Å². The van der Waals surface area contributed by atoms with Gasteiger partial charge in [-0.2, -0.15) is 5.10 Å². The first-order valence-electron chi connectivity index (χ1n) is 8.61. The van der Waals surface area contributed by atoms with Crippen molar-refractivity contribution in [2.75, 3.05) is 13.1 Å². The van der Waals surface area contributed by atoms with Crippen LogP contribution in [0.15, 0.2) is 30.6 Å². The summed E-state index contributed by atoms with van der Waals surface area (Å²) in [4.78, 5) is 0. The van der Waals surface area contributed by atoms with Gasteiger partial charge in [0.25, 0.3) is 0 Å². The molecule has 128 valence electrons. The Bertz CT molecular complexity index is 814. The molecule has 1 saturated heterocycles. The Balaban J connectivity index is 0.00000169. The monoisotopic (exact) mass is 344 g/mol. The highest BCUT2D eigenvalue weighted by atomic mass is 35.5. The van der Waals surface area contributed by atoms with Gasteiger partial charge in [0.05, 0.1) is 6.20 Å². The molecule has 3 heterocycles. The quantitative estimate of drug-likeness (QED) is 0.753. The fourth-order valence-corrected chi connectivity index (χ4v) is 4.21. The smallest absolute Gasteiger partial charge is 0.0566 e. The molecule has 2 N–H and O–H groups in total. The molecule has 5 heteroatoms. The van der Waals surface area contributed by atoms with Crippen LogP contribution in [-0.4, -0.2) is 27.9 Å². The van der Waals surface area contributed by atoms with Crippen LogP contribution in [0.2, 0.25) is 0 Å².